The maximum Gasteiger partial charge on any atom is 0.264 e. The normalized spacial score (nSPS) is 11.0. The van der Waals surface area contributed by atoms with Crippen molar-refractivity contribution in [1.29, 1.82) is 0 Å². The lowest BCUT2D eigenvalue weighted by atomic mass is 10.1. The van der Waals surface area contributed by atoms with Crippen LogP contribution in [0.5, 0.6) is 0 Å². The molecule has 100 valence electrons. The number of hydrogen-bond donors (Lipinski definition) is 1. The summed E-state index contributed by atoms with van der Waals surface area (Å²) in [5.74, 6) is 0.876. The number of nitrogens with zero attached hydrogens (tertiary/aromatic N) is 1. The van der Waals surface area contributed by atoms with Crippen molar-refractivity contribution >= 4 is 34.2 Å². The second-order valence-corrected chi connectivity index (χ2v) is 6.12. The van der Waals surface area contributed by atoms with Gasteiger partial charge in [0.25, 0.3) is 5.56 Å². The second kappa shape index (κ2) is 6.05. The van der Waals surface area contributed by atoms with Crippen molar-refractivity contribution < 1.29 is 0 Å². The number of rotatable bonds is 3. The Bertz CT molecular complexity index is 652. The summed E-state index contributed by atoms with van der Waals surface area (Å²) in [7, 11) is 0. The highest BCUT2D eigenvalue weighted by Crippen LogP contribution is 2.19. The van der Waals surface area contributed by atoms with Crippen molar-refractivity contribution in [3.05, 3.63) is 60.3 Å². The highest BCUT2D eigenvalue weighted by Gasteiger charge is 2.13. The molecule has 0 aliphatic carbocycles. The Balaban J connectivity index is 2.42. The van der Waals surface area contributed by atoms with E-state index in [2.05, 4.69) is 9.97 Å². The number of hydrogen-bond acceptors (Lipinski definition) is 2. The van der Waals surface area contributed by atoms with Gasteiger partial charge in [0.15, 0.2) is 0 Å². The molecular formula is C14H14ClIN2O. The number of benzene rings is 1. The summed E-state index contributed by atoms with van der Waals surface area (Å²) in [4.78, 5) is 19.3. The smallest absolute Gasteiger partial charge is 0.264 e. The first-order valence-electron chi connectivity index (χ1n) is 6.01. The minimum atomic E-state index is -0.0821. The Hall–Kier alpha value is -0.880. The lowest BCUT2D eigenvalue weighted by Gasteiger charge is -2.10. The largest absolute Gasteiger partial charge is 0.309 e. The van der Waals surface area contributed by atoms with Crippen LogP contribution in [-0.2, 0) is 6.42 Å². The number of aromatic nitrogens is 2. The third-order valence-electron chi connectivity index (χ3n) is 2.80. The predicted octanol–water partition coefficient (Wildman–Crippen LogP) is 3.74. The minimum absolute atomic E-state index is 0.0821. The van der Waals surface area contributed by atoms with Crippen LogP contribution in [0.25, 0.3) is 0 Å². The zero-order valence-electron chi connectivity index (χ0n) is 10.7. The van der Waals surface area contributed by atoms with E-state index in [1.54, 1.807) is 0 Å². The first-order valence-corrected chi connectivity index (χ1v) is 7.46. The number of nitrogens with one attached hydrogen (secondary N) is 1. The molecule has 1 heterocycles. The maximum absolute atomic E-state index is 11.9. The molecule has 0 aliphatic heterocycles. The molecule has 19 heavy (non-hydrogen) atoms. The minimum Gasteiger partial charge on any atom is -0.309 e. The SMILES string of the molecule is CC(C)c1nc(Cc2ccccc2Cl)[nH]c(=O)c1I. The molecule has 0 spiro atoms. The van der Waals surface area contributed by atoms with E-state index in [1.807, 2.05) is 60.7 Å². The van der Waals surface area contributed by atoms with E-state index >= 15 is 0 Å². The molecule has 1 N–H and O–H groups in total. The summed E-state index contributed by atoms with van der Waals surface area (Å²) in [5, 5.41) is 0.690. The first-order chi connectivity index (χ1) is 8.99. The third-order valence-corrected chi connectivity index (χ3v) is 4.21. The molecule has 1 aromatic carbocycles. The fraction of sp³-hybridized carbons (Fsp3) is 0.286. The van der Waals surface area contributed by atoms with Crippen LogP contribution in [0.3, 0.4) is 0 Å². The molecule has 2 rings (SSSR count). The molecule has 0 unspecified atom stereocenters. The van der Waals surface area contributed by atoms with E-state index in [0.29, 0.717) is 20.8 Å². The molecule has 0 saturated carbocycles. The van der Waals surface area contributed by atoms with Crippen molar-refractivity contribution in [3.8, 4) is 0 Å². The molecule has 0 amide bonds. The molecule has 0 bridgehead atoms. The molecule has 2 aromatic rings. The van der Waals surface area contributed by atoms with Crippen molar-refractivity contribution in [3.63, 3.8) is 0 Å². The molecule has 3 nitrogen and oxygen atoms in total. The number of H-pyrrole nitrogens is 1. The van der Waals surface area contributed by atoms with Gasteiger partial charge in [0.05, 0.1) is 9.26 Å². The number of halogens is 2. The maximum atomic E-state index is 11.9. The van der Waals surface area contributed by atoms with E-state index < -0.39 is 0 Å². The van der Waals surface area contributed by atoms with Crippen LogP contribution in [0.15, 0.2) is 29.1 Å². The molecule has 0 saturated heterocycles. The van der Waals surface area contributed by atoms with E-state index in [4.69, 9.17) is 11.6 Å². The van der Waals surface area contributed by atoms with Crippen molar-refractivity contribution in [2.75, 3.05) is 0 Å². The van der Waals surface area contributed by atoms with Crippen molar-refractivity contribution in [2.24, 2.45) is 0 Å². The van der Waals surface area contributed by atoms with E-state index in [-0.39, 0.29) is 11.5 Å². The van der Waals surface area contributed by atoms with Gasteiger partial charge in [-0.25, -0.2) is 4.98 Å². The highest BCUT2D eigenvalue weighted by molar-refractivity contribution is 14.1. The van der Waals surface area contributed by atoms with E-state index in [0.717, 1.165) is 11.3 Å². The van der Waals surface area contributed by atoms with Gasteiger partial charge < -0.3 is 4.98 Å². The zero-order valence-corrected chi connectivity index (χ0v) is 13.6. The Labute approximate surface area is 130 Å². The molecule has 0 atom stereocenters. The third kappa shape index (κ3) is 3.36. The molecule has 0 radical (unpaired) electrons. The number of aromatic amines is 1. The van der Waals surface area contributed by atoms with Gasteiger partial charge in [-0.05, 0) is 40.1 Å². The standard InChI is InChI=1S/C14H14ClIN2O/c1-8(2)13-12(16)14(19)18-11(17-13)7-9-5-3-4-6-10(9)15/h3-6,8H,7H2,1-2H3,(H,17,18,19). The van der Waals surface area contributed by atoms with E-state index in [9.17, 15) is 4.79 Å². The lowest BCUT2D eigenvalue weighted by molar-refractivity contribution is 0.774. The average molecular weight is 389 g/mol. The summed E-state index contributed by atoms with van der Waals surface area (Å²) in [5.41, 5.74) is 1.72. The van der Waals surface area contributed by atoms with Crippen molar-refractivity contribution in [2.45, 2.75) is 26.2 Å². The zero-order chi connectivity index (χ0) is 14.0. The highest BCUT2D eigenvalue weighted by atomic mass is 127. The van der Waals surface area contributed by atoms with Crippen LogP contribution in [0.4, 0.5) is 0 Å². The fourth-order valence-corrected chi connectivity index (χ4v) is 2.89. The predicted molar refractivity (Wildman–Crippen MR) is 85.9 cm³/mol. The Morgan fingerprint density at radius 3 is 2.68 bits per heavy atom. The van der Waals surface area contributed by atoms with Gasteiger partial charge in [0.2, 0.25) is 0 Å². The van der Waals surface area contributed by atoms with Gasteiger partial charge in [-0.3, -0.25) is 4.79 Å². The van der Waals surface area contributed by atoms with Crippen LogP contribution in [0, 0.1) is 3.57 Å². The van der Waals surface area contributed by atoms with Gasteiger partial charge in [-0.2, -0.15) is 0 Å². The van der Waals surface area contributed by atoms with E-state index in [1.165, 1.54) is 0 Å². The monoisotopic (exact) mass is 388 g/mol. The summed E-state index contributed by atoms with van der Waals surface area (Å²) < 4.78 is 0.663. The van der Waals surface area contributed by atoms with Crippen LogP contribution in [-0.4, -0.2) is 9.97 Å². The van der Waals surface area contributed by atoms with Crippen LogP contribution in [0.1, 0.15) is 36.8 Å². The van der Waals surface area contributed by atoms with Crippen LogP contribution < -0.4 is 5.56 Å². The van der Waals surface area contributed by atoms with Gasteiger partial charge in [-0.1, -0.05) is 43.6 Å². The summed E-state index contributed by atoms with van der Waals surface area (Å²) in [6.07, 6.45) is 0.533. The Kier molecular flexibility index (Phi) is 4.62. The Morgan fingerprint density at radius 1 is 1.37 bits per heavy atom. The van der Waals surface area contributed by atoms with Gasteiger partial charge >= 0.3 is 0 Å². The second-order valence-electron chi connectivity index (χ2n) is 4.63. The van der Waals surface area contributed by atoms with Gasteiger partial charge in [0, 0.05) is 11.4 Å². The van der Waals surface area contributed by atoms with Gasteiger partial charge in [-0.15, -0.1) is 0 Å². The molecule has 0 aliphatic rings. The van der Waals surface area contributed by atoms with Crippen LogP contribution >= 0.6 is 34.2 Å². The topological polar surface area (TPSA) is 45.8 Å². The average Bonchev–Trinajstić information content (AvgIpc) is 2.36. The summed E-state index contributed by atoms with van der Waals surface area (Å²) >= 11 is 8.17. The summed E-state index contributed by atoms with van der Waals surface area (Å²) in [6.45, 7) is 4.06. The molecule has 0 fully saturated rings. The van der Waals surface area contributed by atoms with Gasteiger partial charge in [0.1, 0.15) is 5.82 Å². The lowest BCUT2D eigenvalue weighted by Crippen LogP contribution is -2.19. The van der Waals surface area contributed by atoms with Crippen molar-refractivity contribution in [1.82, 2.24) is 9.97 Å². The molecular weight excluding hydrogens is 375 g/mol. The fourth-order valence-electron chi connectivity index (χ4n) is 1.81. The molecule has 1 aromatic heterocycles. The quantitative estimate of drug-likeness (QED) is 0.814. The first kappa shape index (κ1) is 14.5. The molecule has 5 heteroatoms. The van der Waals surface area contributed by atoms with Crippen LogP contribution in [0.2, 0.25) is 5.02 Å². The Morgan fingerprint density at radius 2 is 2.05 bits per heavy atom. The summed E-state index contributed by atoms with van der Waals surface area (Å²) in [6, 6.07) is 7.59.